The van der Waals surface area contributed by atoms with Gasteiger partial charge < -0.3 is 10.1 Å². The lowest BCUT2D eigenvalue weighted by atomic mass is 10.1. The highest BCUT2D eigenvalue weighted by atomic mass is 79.9. The average molecular weight is 383 g/mol. The Morgan fingerprint density at radius 1 is 1.45 bits per heavy atom. The smallest absolute Gasteiger partial charge is 0.239 e. The number of aryl methyl sites for hydroxylation is 2. The van der Waals surface area contributed by atoms with Gasteiger partial charge in [0.1, 0.15) is 5.75 Å². The van der Waals surface area contributed by atoms with E-state index < -0.39 is 0 Å². The second kappa shape index (κ2) is 7.24. The molecule has 0 aliphatic rings. The molecule has 0 aliphatic heterocycles. The van der Waals surface area contributed by atoms with Gasteiger partial charge in [-0.3, -0.25) is 4.79 Å². The topological polar surface area (TPSA) is 51.2 Å². The number of halogens is 1. The van der Waals surface area contributed by atoms with E-state index in [1.54, 1.807) is 7.11 Å². The number of nitrogens with one attached hydrogen (secondary N) is 1. The normalized spacial score (nSPS) is 12.0. The minimum absolute atomic E-state index is 0.0614. The molecule has 4 nitrogen and oxygen atoms in total. The molecule has 2 rings (SSSR count). The average Bonchev–Trinajstić information content (AvgIpc) is 2.86. The highest BCUT2D eigenvalue weighted by Crippen LogP contribution is 2.32. The summed E-state index contributed by atoms with van der Waals surface area (Å²) in [6.07, 6.45) is 0.737. The molecule has 1 N–H and O–H groups in total. The number of amides is 1. The Balaban J connectivity index is 2.26. The van der Waals surface area contributed by atoms with Crippen LogP contribution in [0.25, 0.3) is 11.3 Å². The molecule has 1 aromatic heterocycles. The van der Waals surface area contributed by atoms with E-state index in [4.69, 9.17) is 4.74 Å². The van der Waals surface area contributed by atoms with Crippen LogP contribution in [-0.2, 0) is 4.79 Å². The first-order valence-electron chi connectivity index (χ1n) is 7.03. The first-order chi connectivity index (χ1) is 10.5. The fourth-order valence-electron chi connectivity index (χ4n) is 2.11. The zero-order valence-electron chi connectivity index (χ0n) is 13.1. The number of rotatable bonds is 5. The molecule has 1 unspecified atom stereocenters. The zero-order chi connectivity index (χ0) is 16.3. The van der Waals surface area contributed by atoms with Crippen molar-refractivity contribution < 1.29 is 9.53 Å². The van der Waals surface area contributed by atoms with Crippen LogP contribution in [0.3, 0.4) is 0 Å². The standard InChI is InChI=1S/C16H19BrN2O2S/c1-5-12(17)15(20)19-16-18-14(10(3)22-16)11-6-7-13(21-4)9(2)8-11/h6-8,12H,5H2,1-4H3,(H,18,19,20). The molecule has 1 heterocycles. The molecule has 0 radical (unpaired) electrons. The maximum absolute atomic E-state index is 11.9. The minimum atomic E-state index is -0.191. The summed E-state index contributed by atoms with van der Waals surface area (Å²) in [5, 5.41) is 3.49. The lowest BCUT2D eigenvalue weighted by molar-refractivity contribution is -0.115. The van der Waals surface area contributed by atoms with E-state index in [0.717, 1.165) is 33.9 Å². The lowest BCUT2D eigenvalue weighted by Gasteiger charge is -2.06. The van der Waals surface area contributed by atoms with E-state index in [1.165, 1.54) is 11.3 Å². The molecule has 1 amide bonds. The third kappa shape index (κ3) is 3.67. The Morgan fingerprint density at radius 3 is 2.77 bits per heavy atom. The summed E-state index contributed by atoms with van der Waals surface area (Å²) in [5.41, 5.74) is 2.98. The quantitative estimate of drug-likeness (QED) is 0.771. The van der Waals surface area contributed by atoms with Gasteiger partial charge in [-0.25, -0.2) is 4.98 Å². The molecule has 1 atom stereocenters. The van der Waals surface area contributed by atoms with Crippen LogP contribution in [0.15, 0.2) is 18.2 Å². The van der Waals surface area contributed by atoms with Crippen molar-refractivity contribution in [2.75, 3.05) is 12.4 Å². The van der Waals surface area contributed by atoms with Crippen molar-refractivity contribution in [2.24, 2.45) is 0 Å². The van der Waals surface area contributed by atoms with E-state index in [2.05, 4.69) is 26.2 Å². The van der Waals surface area contributed by atoms with Crippen LogP contribution in [0.1, 0.15) is 23.8 Å². The van der Waals surface area contributed by atoms with Crippen LogP contribution in [-0.4, -0.2) is 22.8 Å². The molecule has 0 aliphatic carbocycles. The highest BCUT2D eigenvalue weighted by Gasteiger charge is 2.16. The SMILES string of the molecule is CCC(Br)C(=O)Nc1nc(-c2ccc(OC)c(C)c2)c(C)s1. The largest absolute Gasteiger partial charge is 0.496 e. The number of carbonyl (C=O) groups excluding carboxylic acids is 1. The Kier molecular flexibility index (Phi) is 5.58. The minimum Gasteiger partial charge on any atom is -0.496 e. The van der Waals surface area contributed by atoms with E-state index >= 15 is 0 Å². The summed E-state index contributed by atoms with van der Waals surface area (Å²) in [7, 11) is 1.66. The van der Waals surface area contributed by atoms with Crippen LogP contribution in [0, 0.1) is 13.8 Å². The highest BCUT2D eigenvalue weighted by molar-refractivity contribution is 9.10. The number of benzene rings is 1. The van der Waals surface area contributed by atoms with Crippen LogP contribution in [0.5, 0.6) is 5.75 Å². The maximum atomic E-state index is 11.9. The van der Waals surface area contributed by atoms with Crippen molar-refractivity contribution in [3.05, 3.63) is 28.6 Å². The third-order valence-corrected chi connectivity index (χ3v) is 5.29. The molecule has 0 saturated carbocycles. The van der Waals surface area contributed by atoms with Gasteiger partial charge in [-0.1, -0.05) is 22.9 Å². The predicted octanol–water partition coefficient (Wildman–Crippen LogP) is 4.55. The number of ether oxygens (including phenoxy) is 1. The molecule has 0 fully saturated rings. The second-order valence-electron chi connectivity index (χ2n) is 4.97. The Labute approximate surface area is 143 Å². The van der Waals surface area contributed by atoms with Gasteiger partial charge in [-0.15, -0.1) is 11.3 Å². The summed E-state index contributed by atoms with van der Waals surface area (Å²) in [6.45, 7) is 5.97. The van der Waals surface area contributed by atoms with Gasteiger partial charge in [0.2, 0.25) is 5.91 Å². The summed E-state index contributed by atoms with van der Waals surface area (Å²) in [6, 6.07) is 5.97. The Bertz CT molecular complexity index is 685. The molecule has 1 aromatic carbocycles. The monoisotopic (exact) mass is 382 g/mol. The number of hydrogen-bond acceptors (Lipinski definition) is 4. The first-order valence-corrected chi connectivity index (χ1v) is 8.76. The maximum Gasteiger partial charge on any atom is 0.239 e. The fourth-order valence-corrected chi connectivity index (χ4v) is 3.07. The van der Waals surface area contributed by atoms with Gasteiger partial charge in [0, 0.05) is 10.4 Å². The molecule has 118 valence electrons. The van der Waals surface area contributed by atoms with Crippen molar-refractivity contribution in [3.8, 4) is 17.0 Å². The van der Waals surface area contributed by atoms with Crippen LogP contribution in [0.2, 0.25) is 0 Å². The van der Waals surface area contributed by atoms with Gasteiger partial charge >= 0.3 is 0 Å². The molecular formula is C16H19BrN2O2S. The third-order valence-electron chi connectivity index (χ3n) is 3.34. The Hall–Kier alpha value is -1.40. The van der Waals surface area contributed by atoms with E-state index in [9.17, 15) is 4.79 Å². The van der Waals surface area contributed by atoms with Crippen molar-refractivity contribution in [2.45, 2.75) is 32.0 Å². The fraction of sp³-hybridized carbons (Fsp3) is 0.375. The van der Waals surface area contributed by atoms with Gasteiger partial charge in [-0.2, -0.15) is 0 Å². The molecular weight excluding hydrogens is 364 g/mol. The molecule has 22 heavy (non-hydrogen) atoms. The molecule has 0 spiro atoms. The van der Waals surface area contributed by atoms with Gasteiger partial charge in [0.05, 0.1) is 17.6 Å². The predicted molar refractivity (Wildman–Crippen MR) is 95.2 cm³/mol. The molecule has 6 heteroatoms. The number of nitrogens with zero attached hydrogens (tertiary/aromatic N) is 1. The number of alkyl halides is 1. The zero-order valence-corrected chi connectivity index (χ0v) is 15.5. The summed E-state index contributed by atoms with van der Waals surface area (Å²) < 4.78 is 5.28. The summed E-state index contributed by atoms with van der Waals surface area (Å²) >= 11 is 4.83. The van der Waals surface area contributed by atoms with E-state index in [-0.39, 0.29) is 10.7 Å². The number of carbonyl (C=O) groups is 1. The van der Waals surface area contributed by atoms with Crippen molar-refractivity contribution in [1.29, 1.82) is 0 Å². The first kappa shape index (κ1) is 17.0. The van der Waals surface area contributed by atoms with E-state index in [1.807, 2.05) is 39.0 Å². The van der Waals surface area contributed by atoms with Crippen LogP contribution in [0.4, 0.5) is 5.13 Å². The molecule has 0 bridgehead atoms. The lowest BCUT2D eigenvalue weighted by Crippen LogP contribution is -2.21. The van der Waals surface area contributed by atoms with Crippen molar-refractivity contribution >= 4 is 38.3 Å². The molecule has 2 aromatic rings. The summed E-state index contributed by atoms with van der Waals surface area (Å²) in [4.78, 5) is 17.4. The number of anilines is 1. The van der Waals surface area contributed by atoms with Crippen molar-refractivity contribution in [3.63, 3.8) is 0 Å². The van der Waals surface area contributed by atoms with Gasteiger partial charge in [-0.05, 0) is 44.0 Å². The van der Waals surface area contributed by atoms with Gasteiger partial charge in [0.25, 0.3) is 0 Å². The van der Waals surface area contributed by atoms with Crippen LogP contribution < -0.4 is 10.1 Å². The van der Waals surface area contributed by atoms with Crippen molar-refractivity contribution in [1.82, 2.24) is 4.98 Å². The Morgan fingerprint density at radius 2 is 2.18 bits per heavy atom. The van der Waals surface area contributed by atoms with Gasteiger partial charge in [0.15, 0.2) is 5.13 Å². The second-order valence-corrected chi connectivity index (χ2v) is 7.28. The molecule has 0 saturated heterocycles. The summed E-state index contributed by atoms with van der Waals surface area (Å²) in [5.74, 6) is 0.795. The number of thiazole rings is 1. The number of hydrogen-bond donors (Lipinski definition) is 1. The van der Waals surface area contributed by atoms with Crippen LogP contribution >= 0.6 is 27.3 Å². The number of methoxy groups -OCH3 is 1. The van der Waals surface area contributed by atoms with E-state index in [0.29, 0.717) is 5.13 Å². The number of aromatic nitrogens is 1.